The van der Waals surface area contributed by atoms with Gasteiger partial charge >= 0.3 is 0 Å². The van der Waals surface area contributed by atoms with Crippen molar-refractivity contribution in [1.82, 2.24) is 4.84 Å². The van der Waals surface area contributed by atoms with Crippen LogP contribution in [0.4, 0.5) is 0 Å². The molecule has 0 radical (unpaired) electrons. The van der Waals surface area contributed by atoms with Crippen LogP contribution in [-0.2, 0) is 4.74 Å². The number of hydrogen-bond donors (Lipinski definition) is 4. The fraction of sp³-hybridized carbons (Fsp3) is 1.00. The standard InChI is InChI=1S/C9H18ClNO4/c1-2-5-6(3-12)15-7(4-13)8(11-10)9(5)14/h5-9,11-14H,2-4H2,1H3/t5-,6?,7-,8?,9-/m0/s1. The second-order valence-corrected chi connectivity index (χ2v) is 3.99. The number of aliphatic hydroxyl groups excluding tert-OH is 3. The zero-order valence-electron chi connectivity index (χ0n) is 8.64. The van der Waals surface area contributed by atoms with Crippen LogP contribution >= 0.6 is 11.8 Å². The zero-order valence-corrected chi connectivity index (χ0v) is 9.39. The van der Waals surface area contributed by atoms with E-state index in [-0.39, 0.29) is 19.1 Å². The molecule has 5 atom stereocenters. The highest BCUT2D eigenvalue weighted by atomic mass is 35.5. The van der Waals surface area contributed by atoms with Crippen molar-refractivity contribution in [3.05, 3.63) is 0 Å². The van der Waals surface area contributed by atoms with Gasteiger partial charge in [-0.25, -0.2) is 4.84 Å². The normalized spacial score (nSPS) is 41.8. The Bertz CT molecular complexity index is 177. The molecular formula is C9H18ClNO4. The SMILES string of the molecule is CC[C@H]1C(CO)O[C@@H](CO)C(NCl)[C@H]1O. The lowest BCUT2D eigenvalue weighted by molar-refractivity contribution is -0.174. The van der Waals surface area contributed by atoms with Crippen LogP contribution in [0.1, 0.15) is 13.3 Å². The Morgan fingerprint density at radius 3 is 2.27 bits per heavy atom. The van der Waals surface area contributed by atoms with E-state index < -0.39 is 24.4 Å². The second kappa shape index (κ2) is 5.98. The van der Waals surface area contributed by atoms with Gasteiger partial charge in [0.1, 0.15) is 6.10 Å². The van der Waals surface area contributed by atoms with Gasteiger partial charge in [0.2, 0.25) is 0 Å². The molecule has 0 aliphatic carbocycles. The quantitative estimate of drug-likeness (QED) is 0.485. The summed E-state index contributed by atoms with van der Waals surface area (Å²) in [5.74, 6) is -0.172. The molecule has 1 aliphatic heterocycles. The van der Waals surface area contributed by atoms with E-state index in [1.54, 1.807) is 0 Å². The van der Waals surface area contributed by atoms with Gasteiger partial charge in [-0.1, -0.05) is 6.92 Å². The third kappa shape index (κ3) is 2.61. The average molecular weight is 240 g/mol. The van der Waals surface area contributed by atoms with E-state index in [9.17, 15) is 5.11 Å². The van der Waals surface area contributed by atoms with Crippen molar-refractivity contribution in [3.8, 4) is 0 Å². The molecule has 0 spiro atoms. The van der Waals surface area contributed by atoms with E-state index in [1.807, 2.05) is 6.92 Å². The van der Waals surface area contributed by atoms with Gasteiger partial charge in [0.15, 0.2) is 0 Å². The van der Waals surface area contributed by atoms with Crippen molar-refractivity contribution in [2.45, 2.75) is 37.7 Å². The monoisotopic (exact) mass is 239 g/mol. The summed E-state index contributed by atoms with van der Waals surface area (Å²) in [6.45, 7) is 1.50. The number of hydrogen-bond acceptors (Lipinski definition) is 5. The number of rotatable bonds is 4. The zero-order chi connectivity index (χ0) is 11.4. The van der Waals surface area contributed by atoms with Gasteiger partial charge in [-0.05, 0) is 18.2 Å². The Hall–Kier alpha value is 0.0900. The van der Waals surface area contributed by atoms with Gasteiger partial charge in [0.05, 0.1) is 31.5 Å². The topological polar surface area (TPSA) is 82.0 Å². The first kappa shape index (κ1) is 13.2. The second-order valence-electron chi connectivity index (χ2n) is 3.78. The molecule has 90 valence electrons. The van der Waals surface area contributed by atoms with E-state index in [4.69, 9.17) is 26.7 Å². The molecule has 1 saturated heterocycles. The van der Waals surface area contributed by atoms with Crippen molar-refractivity contribution < 1.29 is 20.1 Å². The molecule has 1 aliphatic rings. The summed E-state index contributed by atoms with van der Waals surface area (Å²) in [4.78, 5) is 2.42. The first-order chi connectivity index (χ1) is 7.19. The predicted octanol–water partition coefficient (Wildman–Crippen LogP) is -0.763. The van der Waals surface area contributed by atoms with E-state index in [1.165, 1.54) is 0 Å². The lowest BCUT2D eigenvalue weighted by Crippen LogP contribution is -2.60. The summed E-state index contributed by atoms with van der Waals surface area (Å²) in [6.07, 6.45) is -1.07. The van der Waals surface area contributed by atoms with Crippen LogP contribution in [0.15, 0.2) is 0 Å². The Morgan fingerprint density at radius 1 is 1.27 bits per heavy atom. The molecule has 0 bridgehead atoms. The van der Waals surface area contributed by atoms with Gasteiger partial charge in [0, 0.05) is 5.92 Å². The average Bonchev–Trinajstić information content (AvgIpc) is 2.27. The summed E-state index contributed by atoms with van der Waals surface area (Å²) in [7, 11) is 0. The maximum absolute atomic E-state index is 9.98. The largest absolute Gasteiger partial charge is 0.394 e. The molecule has 0 amide bonds. The number of halogens is 1. The van der Waals surface area contributed by atoms with Crippen LogP contribution in [-0.4, -0.2) is 52.9 Å². The molecule has 0 aromatic heterocycles. The molecule has 1 rings (SSSR count). The van der Waals surface area contributed by atoms with Gasteiger partial charge < -0.3 is 20.1 Å². The van der Waals surface area contributed by atoms with Gasteiger partial charge in [-0.3, -0.25) is 0 Å². The van der Waals surface area contributed by atoms with Crippen molar-refractivity contribution >= 4 is 11.8 Å². The fourth-order valence-electron chi connectivity index (χ4n) is 2.09. The molecule has 1 heterocycles. The number of aliphatic hydroxyl groups is 3. The van der Waals surface area contributed by atoms with E-state index >= 15 is 0 Å². The summed E-state index contributed by atoms with van der Waals surface area (Å²) in [5.41, 5.74) is 0. The molecule has 0 aromatic rings. The van der Waals surface area contributed by atoms with Crippen LogP contribution in [0.2, 0.25) is 0 Å². The van der Waals surface area contributed by atoms with Crippen LogP contribution in [0.25, 0.3) is 0 Å². The van der Waals surface area contributed by atoms with Crippen LogP contribution in [0.3, 0.4) is 0 Å². The third-order valence-electron chi connectivity index (χ3n) is 2.99. The highest BCUT2D eigenvalue weighted by Crippen LogP contribution is 2.28. The molecule has 5 nitrogen and oxygen atoms in total. The minimum absolute atomic E-state index is 0.166. The molecule has 6 heteroatoms. The molecule has 15 heavy (non-hydrogen) atoms. The van der Waals surface area contributed by atoms with E-state index in [2.05, 4.69) is 4.84 Å². The molecule has 1 fully saturated rings. The Morgan fingerprint density at radius 2 is 1.87 bits per heavy atom. The fourth-order valence-corrected chi connectivity index (χ4v) is 2.36. The smallest absolute Gasteiger partial charge is 0.100 e. The molecule has 0 aromatic carbocycles. The highest BCUT2D eigenvalue weighted by Gasteiger charge is 2.43. The first-order valence-corrected chi connectivity index (χ1v) is 5.48. The predicted molar refractivity (Wildman–Crippen MR) is 55.4 cm³/mol. The summed E-state index contributed by atoms with van der Waals surface area (Å²) >= 11 is 5.50. The van der Waals surface area contributed by atoms with Crippen molar-refractivity contribution in [2.24, 2.45) is 5.92 Å². The molecular weight excluding hydrogens is 222 g/mol. The van der Waals surface area contributed by atoms with Crippen molar-refractivity contribution in [3.63, 3.8) is 0 Å². The van der Waals surface area contributed by atoms with Crippen LogP contribution in [0, 0.1) is 5.92 Å². The molecule has 2 unspecified atom stereocenters. The van der Waals surface area contributed by atoms with E-state index in [0.717, 1.165) is 0 Å². The minimum Gasteiger partial charge on any atom is -0.394 e. The Kier molecular flexibility index (Phi) is 5.25. The van der Waals surface area contributed by atoms with Gasteiger partial charge in [-0.2, -0.15) is 0 Å². The number of nitrogens with one attached hydrogen (secondary N) is 1. The third-order valence-corrected chi connectivity index (χ3v) is 3.24. The maximum Gasteiger partial charge on any atom is 0.100 e. The lowest BCUT2D eigenvalue weighted by atomic mass is 9.84. The minimum atomic E-state index is -0.726. The van der Waals surface area contributed by atoms with Gasteiger partial charge in [-0.15, -0.1) is 0 Å². The van der Waals surface area contributed by atoms with Crippen LogP contribution < -0.4 is 4.84 Å². The van der Waals surface area contributed by atoms with Crippen molar-refractivity contribution in [2.75, 3.05) is 13.2 Å². The van der Waals surface area contributed by atoms with Gasteiger partial charge in [0.25, 0.3) is 0 Å². The van der Waals surface area contributed by atoms with Crippen LogP contribution in [0.5, 0.6) is 0 Å². The van der Waals surface area contributed by atoms with E-state index in [0.29, 0.717) is 6.42 Å². The molecule has 4 N–H and O–H groups in total. The Balaban J connectivity index is 2.76. The van der Waals surface area contributed by atoms with Crippen molar-refractivity contribution in [1.29, 1.82) is 0 Å². The maximum atomic E-state index is 9.98. The summed E-state index contributed by atoms with van der Waals surface area (Å²) in [5, 5.41) is 28.2. The highest BCUT2D eigenvalue weighted by molar-refractivity contribution is 6.13. The lowest BCUT2D eigenvalue weighted by Gasteiger charge is -2.43. The molecule has 0 saturated carbocycles. The first-order valence-electron chi connectivity index (χ1n) is 5.10. The summed E-state index contributed by atoms with van der Waals surface area (Å²) < 4.78 is 5.46. The summed E-state index contributed by atoms with van der Waals surface area (Å²) in [6, 6.07) is -0.510. The Labute approximate surface area is 94.1 Å². The number of ether oxygens (including phenoxy) is 1.